The number of rotatable bonds is 4. The number of hydrogen-bond donors (Lipinski definition) is 2. The first-order chi connectivity index (χ1) is 7.63. The first kappa shape index (κ1) is 12.9. The Balaban J connectivity index is 2.65. The second-order valence-electron chi connectivity index (χ2n) is 3.37. The van der Waals surface area contributed by atoms with Gasteiger partial charge in [-0.3, -0.25) is 4.79 Å². The van der Waals surface area contributed by atoms with E-state index in [-0.39, 0.29) is 19.1 Å². The molecule has 0 unspecified atom stereocenters. The number of nitrogens with one attached hydrogen (secondary N) is 1. The number of hydrogen-bond acceptors (Lipinski definition) is 2. The number of halogens is 1. The fraction of sp³-hybridized carbons (Fsp3) is 0.250. The minimum atomic E-state index is -0.207. The molecule has 0 atom stereocenters. The Morgan fingerprint density at radius 3 is 2.94 bits per heavy atom. The number of carbonyl (C=O) groups excluding carboxylic acids is 1. The molecule has 0 aliphatic carbocycles. The molecule has 0 aromatic heterocycles. The first-order valence-electron chi connectivity index (χ1n) is 4.96. The normalized spacial score (nSPS) is 10.7. The van der Waals surface area contributed by atoms with Crippen LogP contribution in [0.1, 0.15) is 11.1 Å². The van der Waals surface area contributed by atoms with Crippen LogP contribution in [0.2, 0.25) is 0 Å². The lowest BCUT2D eigenvalue weighted by Crippen LogP contribution is -2.24. The SMILES string of the molecule is Cc1ccc(/C=C/C(=O)NCCO)c(Br)c1. The van der Waals surface area contributed by atoms with Crippen molar-refractivity contribution in [1.29, 1.82) is 0 Å². The van der Waals surface area contributed by atoms with Crippen molar-refractivity contribution < 1.29 is 9.90 Å². The lowest BCUT2D eigenvalue weighted by atomic mass is 10.1. The van der Waals surface area contributed by atoms with Gasteiger partial charge >= 0.3 is 0 Å². The highest BCUT2D eigenvalue weighted by Crippen LogP contribution is 2.19. The van der Waals surface area contributed by atoms with Crippen molar-refractivity contribution >= 4 is 27.9 Å². The average Bonchev–Trinajstić information content (AvgIpc) is 2.25. The van der Waals surface area contributed by atoms with Crippen LogP contribution in [0.5, 0.6) is 0 Å². The predicted molar refractivity (Wildman–Crippen MR) is 68.0 cm³/mol. The van der Waals surface area contributed by atoms with Gasteiger partial charge in [0.2, 0.25) is 5.91 Å². The standard InChI is InChI=1S/C12H14BrNO2/c1-9-2-3-10(11(13)8-9)4-5-12(16)14-6-7-15/h2-5,8,15H,6-7H2,1H3,(H,14,16)/b5-4+. The van der Waals surface area contributed by atoms with E-state index in [0.717, 1.165) is 15.6 Å². The van der Waals surface area contributed by atoms with Crippen molar-refractivity contribution in [2.75, 3.05) is 13.2 Å². The van der Waals surface area contributed by atoms with Gasteiger partial charge in [0.25, 0.3) is 0 Å². The van der Waals surface area contributed by atoms with E-state index in [9.17, 15) is 4.79 Å². The smallest absolute Gasteiger partial charge is 0.244 e. The van der Waals surface area contributed by atoms with E-state index in [1.54, 1.807) is 6.08 Å². The number of amides is 1. The number of carbonyl (C=O) groups is 1. The van der Waals surface area contributed by atoms with Crippen LogP contribution in [0.25, 0.3) is 6.08 Å². The molecule has 3 nitrogen and oxygen atoms in total. The van der Waals surface area contributed by atoms with Crippen LogP contribution in [-0.2, 0) is 4.79 Å². The van der Waals surface area contributed by atoms with E-state index < -0.39 is 0 Å². The van der Waals surface area contributed by atoms with Gasteiger partial charge in [-0.15, -0.1) is 0 Å². The quantitative estimate of drug-likeness (QED) is 0.829. The van der Waals surface area contributed by atoms with Crippen LogP contribution in [-0.4, -0.2) is 24.2 Å². The minimum absolute atomic E-state index is 0.0478. The highest BCUT2D eigenvalue weighted by molar-refractivity contribution is 9.10. The zero-order valence-electron chi connectivity index (χ0n) is 9.03. The summed E-state index contributed by atoms with van der Waals surface area (Å²) in [7, 11) is 0. The molecule has 1 aromatic carbocycles. The van der Waals surface area contributed by atoms with Gasteiger partial charge in [-0.2, -0.15) is 0 Å². The molecule has 16 heavy (non-hydrogen) atoms. The molecule has 0 radical (unpaired) electrons. The van der Waals surface area contributed by atoms with E-state index >= 15 is 0 Å². The summed E-state index contributed by atoms with van der Waals surface area (Å²) >= 11 is 3.43. The molecule has 1 rings (SSSR count). The summed E-state index contributed by atoms with van der Waals surface area (Å²) in [5.74, 6) is -0.207. The maximum absolute atomic E-state index is 11.2. The number of benzene rings is 1. The average molecular weight is 284 g/mol. The molecule has 0 fully saturated rings. The van der Waals surface area contributed by atoms with Crippen LogP contribution in [0, 0.1) is 6.92 Å². The summed E-state index contributed by atoms with van der Waals surface area (Å²) in [6.07, 6.45) is 3.18. The van der Waals surface area contributed by atoms with Gasteiger partial charge in [0.1, 0.15) is 0 Å². The Kier molecular flexibility index (Phi) is 5.22. The molecule has 0 aliphatic heterocycles. The molecule has 0 saturated heterocycles. The van der Waals surface area contributed by atoms with E-state index in [4.69, 9.17) is 5.11 Å². The van der Waals surface area contributed by atoms with Crippen molar-refractivity contribution in [2.24, 2.45) is 0 Å². The summed E-state index contributed by atoms with van der Waals surface area (Å²) in [6.45, 7) is 2.23. The van der Waals surface area contributed by atoms with Crippen LogP contribution in [0.15, 0.2) is 28.7 Å². The Labute approximate surface area is 103 Å². The number of aliphatic hydroxyl groups excluding tert-OH is 1. The van der Waals surface area contributed by atoms with Gasteiger partial charge in [0.05, 0.1) is 6.61 Å². The maximum atomic E-state index is 11.2. The summed E-state index contributed by atoms with van der Waals surface area (Å²) < 4.78 is 0.957. The van der Waals surface area contributed by atoms with E-state index in [1.165, 1.54) is 6.08 Å². The van der Waals surface area contributed by atoms with Crippen LogP contribution in [0.4, 0.5) is 0 Å². The van der Waals surface area contributed by atoms with Gasteiger partial charge in [0.15, 0.2) is 0 Å². The second kappa shape index (κ2) is 6.45. The van der Waals surface area contributed by atoms with Crippen molar-refractivity contribution in [1.82, 2.24) is 5.32 Å². The summed E-state index contributed by atoms with van der Waals surface area (Å²) in [4.78, 5) is 11.2. The summed E-state index contributed by atoms with van der Waals surface area (Å²) in [5.41, 5.74) is 2.11. The topological polar surface area (TPSA) is 49.3 Å². The molecule has 0 bridgehead atoms. The molecule has 1 aromatic rings. The maximum Gasteiger partial charge on any atom is 0.244 e. The van der Waals surface area contributed by atoms with Gasteiger partial charge in [-0.25, -0.2) is 0 Å². The van der Waals surface area contributed by atoms with Crippen molar-refractivity contribution in [2.45, 2.75) is 6.92 Å². The highest BCUT2D eigenvalue weighted by atomic mass is 79.9. The molecule has 86 valence electrons. The zero-order chi connectivity index (χ0) is 12.0. The summed E-state index contributed by atoms with van der Waals surface area (Å²) in [5, 5.41) is 11.1. The molecule has 0 heterocycles. The Morgan fingerprint density at radius 1 is 1.56 bits per heavy atom. The Morgan fingerprint density at radius 2 is 2.31 bits per heavy atom. The Hall–Kier alpha value is -1.13. The number of aryl methyl sites for hydroxylation is 1. The molecule has 2 N–H and O–H groups in total. The lowest BCUT2D eigenvalue weighted by molar-refractivity contribution is -0.116. The molecular weight excluding hydrogens is 270 g/mol. The van der Waals surface area contributed by atoms with E-state index in [2.05, 4.69) is 21.2 Å². The van der Waals surface area contributed by atoms with Crippen molar-refractivity contribution in [3.8, 4) is 0 Å². The van der Waals surface area contributed by atoms with Crippen LogP contribution < -0.4 is 5.32 Å². The van der Waals surface area contributed by atoms with Crippen molar-refractivity contribution in [3.63, 3.8) is 0 Å². The monoisotopic (exact) mass is 283 g/mol. The summed E-state index contributed by atoms with van der Waals surface area (Å²) in [6, 6.07) is 5.91. The molecular formula is C12H14BrNO2. The second-order valence-corrected chi connectivity index (χ2v) is 4.23. The fourth-order valence-electron chi connectivity index (χ4n) is 1.17. The van der Waals surface area contributed by atoms with Crippen molar-refractivity contribution in [3.05, 3.63) is 39.9 Å². The highest BCUT2D eigenvalue weighted by Gasteiger charge is 1.97. The zero-order valence-corrected chi connectivity index (χ0v) is 10.6. The fourth-order valence-corrected chi connectivity index (χ4v) is 1.80. The lowest BCUT2D eigenvalue weighted by Gasteiger charge is -2.00. The van der Waals surface area contributed by atoms with Gasteiger partial charge in [-0.1, -0.05) is 28.1 Å². The third kappa shape index (κ3) is 4.16. The first-order valence-corrected chi connectivity index (χ1v) is 5.75. The molecule has 0 saturated carbocycles. The molecule has 0 spiro atoms. The van der Waals surface area contributed by atoms with E-state index in [1.807, 2.05) is 25.1 Å². The largest absolute Gasteiger partial charge is 0.395 e. The third-order valence-electron chi connectivity index (χ3n) is 1.98. The van der Waals surface area contributed by atoms with Crippen LogP contribution in [0.3, 0.4) is 0 Å². The number of aliphatic hydroxyl groups is 1. The molecule has 4 heteroatoms. The molecule has 1 amide bonds. The predicted octanol–water partition coefficient (Wildman–Crippen LogP) is 1.88. The van der Waals surface area contributed by atoms with E-state index in [0.29, 0.717) is 0 Å². The minimum Gasteiger partial charge on any atom is -0.395 e. The Bertz CT molecular complexity index is 402. The third-order valence-corrected chi connectivity index (χ3v) is 2.67. The molecule has 0 aliphatic rings. The van der Waals surface area contributed by atoms with Crippen LogP contribution >= 0.6 is 15.9 Å². The van der Waals surface area contributed by atoms with Gasteiger partial charge < -0.3 is 10.4 Å². The van der Waals surface area contributed by atoms with Gasteiger partial charge in [-0.05, 0) is 30.2 Å². The van der Waals surface area contributed by atoms with Gasteiger partial charge in [0, 0.05) is 17.1 Å².